The highest BCUT2D eigenvalue weighted by atomic mass is 32.1. The number of nitrogens with zero attached hydrogens (tertiary/aromatic N) is 3. The second-order valence-corrected chi connectivity index (χ2v) is 7.19. The van der Waals surface area contributed by atoms with Gasteiger partial charge in [0.2, 0.25) is 0 Å². The molecule has 0 saturated carbocycles. The second-order valence-electron chi connectivity index (χ2n) is 6.18. The van der Waals surface area contributed by atoms with E-state index in [1.807, 2.05) is 6.07 Å². The molecule has 0 atom stereocenters. The molecule has 0 aliphatic heterocycles. The normalized spacial score (nSPS) is 10.9. The number of hydrogen-bond acceptors (Lipinski definition) is 5. The number of methoxy groups -OCH3 is 1. The van der Waals surface area contributed by atoms with Crippen molar-refractivity contribution in [3.05, 3.63) is 83.7 Å². The van der Waals surface area contributed by atoms with E-state index >= 15 is 0 Å². The molecule has 0 aliphatic rings. The molecule has 4 aromatic rings. The van der Waals surface area contributed by atoms with Gasteiger partial charge in [0.05, 0.1) is 23.9 Å². The lowest BCUT2D eigenvalue weighted by molar-refractivity contribution is 0.0982. The summed E-state index contributed by atoms with van der Waals surface area (Å²) < 4.78 is 33.4. The highest BCUT2D eigenvalue weighted by molar-refractivity contribution is 7.22. The van der Waals surface area contributed by atoms with Crippen LogP contribution >= 0.6 is 11.3 Å². The summed E-state index contributed by atoms with van der Waals surface area (Å²) in [6.45, 7) is 0.161. The van der Waals surface area contributed by atoms with E-state index in [0.29, 0.717) is 16.0 Å². The van der Waals surface area contributed by atoms with Crippen LogP contribution in [0.3, 0.4) is 0 Å². The zero-order chi connectivity index (χ0) is 20.4. The fraction of sp³-hybridized carbons (Fsp3) is 0.0952. The van der Waals surface area contributed by atoms with Gasteiger partial charge in [0.1, 0.15) is 17.1 Å². The van der Waals surface area contributed by atoms with E-state index < -0.39 is 11.6 Å². The SMILES string of the molecule is COc1ccccc1C(=O)N(Cc1cccnc1)c1nc2c(F)cc(F)cc2s1. The van der Waals surface area contributed by atoms with Crippen molar-refractivity contribution in [3.63, 3.8) is 0 Å². The van der Waals surface area contributed by atoms with Gasteiger partial charge >= 0.3 is 0 Å². The predicted molar refractivity (Wildman–Crippen MR) is 107 cm³/mol. The van der Waals surface area contributed by atoms with E-state index in [1.165, 1.54) is 18.1 Å². The van der Waals surface area contributed by atoms with Gasteiger partial charge in [-0.05, 0) is 29.8 Å². The standard InChI is InChI=1S/C21H15F2N3O2S/c1-28-17-7-3-2-6-15(17)20(27)26(12-13-5-4-8-24-11-13)21-25-19-16(23)9-14(22)10-18(19)29-21/h2-11H,12H2,1H3. The van der Waals surface area contributed by atoms with Crippen LogP contribution in [0.5, 0.6) is 5.75 Å². The summed E-state index contributed by atoms with van der Waals surface area (Å²) >= 11 is 1.04. The number of benzene rings is 2. The summed E-state index contributed by atoms with van der Waals surface area (Å²) in [7, 11) is 1.48. The molecular formula is C21H15F2N3O2S. The zero-order valence-corrected chi connectivity index (χ0v) is 16.1. The fourth-order valence-corrected chi connectivity index (χ4v) is 3.93. The summed E-state index contributed by atoms with van der Waals surface area (Å²) in [5.41, 5.74) is 1.13. The van der Waals surface area contributed by atoms with E-state index in [-0.39, 0.29) is 23.1 Å². The van der Waals surface area contributed by atoms with Crippen LogP contribution in [0, 0.1) is 11.6 Å². The number of ether oxygens (including phenoxy) is 1. The number of amides is 1. The lowest BCUT2D eigenvalue weighted by Gasteiger charge is -2.21. The Labute approximate surface area is 169 Å². The van der Waals surface area contributed by atoms with Crippen molar-refractivity contribution in [1.82, 2.24) is 9.97 Å². The number of halogens is 2. The van der Waals surface area contributed by atoms with Crippen LogP contribution in [0.2, 0.25) is 0 Å². The molecule has 0 aliphatic carbocycles. The first-order chi connectivity index (χ1) is 14.1. The molecule has 2 aromatic carbocycles. The topological polar surface area (TPSA) is 55.3 Å². The average molecular weight is 411 g/mol. The molecule has 5 nitrogen and oxygen atoms in total. The van der Waals surface area contributed by atoms with Gasteiger partial charge in [0.25, 0.3) is 5.91 Å². The third-order valence-corrected chi connectivity index (χ3v) is 5.30. The molecular weight excluding hydrogens is 396 g/mol. The maximum Gasteiger partial charge on any atom is 0.264 e. The second kappa shape index (κ2) is 7.92. The summed E-state index contributed by atoms with van der Waals surface area (Å²) in [6, 6.07) is 12.4. The molecule has 0 spiro atoms. The number of carbonyl (C=O) groups is 1. The number of para-hydroxylation sites is 1. The van der Waals surface area contributed by atoms with Crippen LogP contribution < -0.4 is 9.64 Å². The van der Waals surface area contributed by atoms with Crippen LogP contribution in [0.1, 0.15) is 15.9 Å². The van der Waals surface area contributed by atoms with E-state index in [4.69, 9.17) is 4.74 Å². The summed E-state index contributed by atoms with van der Waals surface area (Å²) in [5.74, 6) is -1.42. The summed E-state index contributed by atoms with van der Waals surface area (Å²) in [5, 5.41) is 0.254. The van der Waals surface area contributed by atoms with E-state index in [0.717, 1.165) is 23.0 Å². The van der Waals surface area contributed by atoms with Gasteiger partial charge in [-0.25, -0.2) is 13.8 Å². The molecule has 0 fully saturated rings. The smallest absolute Gasteiger partial charge is 0.264 e. The fourth-order valence-electron chi connectivity index (χ4n) is 2.93. The van der Waals surface area contributed by atoms with Crippen molar-refractivity contribution in [1.29, 1.82) is 0 Å². The zero-order valence-electron chi connectivity index (χ0n) is 15.3. The Kier molecular flexibility index (Phi) is 5.18. The number of fused-ring (bicyclic) bond motifs is 1. The van der Waals surface area contributed by atoms with Gasteiger partial charge in [-0.1, -0.05) is 29.5 Å². The quantitative estimate of drug-likeness (QED) is 0.472. The number of rotatable bonds is 5. The Morgan fingerprint density at radius 3 is 2.76 bits per heavy atom. The van der Waals surface area contributed by atoms with Gasteiger partial charge in [0, 0.05) is 18.5 Å². The molecule has 29 heavy (non-hydrogen) atoms. The van der Waals surface area contributed by atoms with Crippen molar-refractivity contribution >= 4 is 32.6 Å². The molecule has 0 saturated heterocycles. The number of carbonyl (C=O) groups excluding carboxylic acids is 1. The minimum absolute atomic E-state index is 0.0235. The van der Waals surface area contributed by atoms with Crippen molar-refractivity contribution in [2.24, 2.45) is 0 Å². The number of pyridine rings is 1. The largest absolute Gasteiger partial charge is 0.496 e. The Morgan fingerprint density at radius 1 is 1.17 bits per heavy atom. The highest BCUT2D eigenvalue weighted by Crippen LogP contribution is 2.33. The van der Waals surface area contributed by atoms with Gasteiger partial charge in [-0.2, -0.15) is 0 Å². The molecule has 1 amide bonds. The number of thiazole rings is 1. The first-order valence-electron chi connectivity index (χ1n) is 8.66. The van der Waals surface area contributed by atoms with Gasteiger partial charge in [-0.15, -0.1) is 0 Å². The first-order valence-corrected chi connectivity index (χ1v) is 9.48. The van der Waals surface area contributed by atoms with Crippen molar-refractivity contribution in [3.8, 4) is 5.75 Å². The molecule has 2 aromatic heterocycles. The third-order valence-electron chi connectivity index (χ3n) is 4.28. The Bertz CT molecular complexity index is 1180. The number of anilines is 1. The van der Waals surface area contributed by atoms with Crippen LogP contribution in [0.25, 0.3) is 10.2 Å². The third kappa shape index (κ3) is 3.79. The molecule has 8 heteroatoms. The maximum atomic E-state index is 14.2. The lowest BCUT2D eigenvalue weighted by atomic mass is 10.1. The first kappa shape index (κ1) is 18.9. The lowest BCUT2D eigenvalue weighted by Crippen LogP contribution is -2.30. The molecule has 4 rings (SSSR count). The highest BCUT2D eigenvalue weighted by Gasteiger charge is 2.25. The minimum atomic E-state index is -0.770. The average Bonchev–Trinajstić information content (AvgIpc) is 3.16. The van der Waals surface area contributed by atoms with Crippen LogP contribution in [-0.2, 0) is 6.54 Å². The maximum absolute atomic E-state index is 14.2. The van der Waals surface area contributed by atoms with Gasteiger partial charge < -0.3 is 4.74 Å². The molecule has 146 valence electrons. The van der Waals surface area contributed by atoms with E-state index in [9.17, 15) is 13.6 Å². The van der Waals surface area contributed by atoms with E-state index in [1.54, 1.807) is 42.7 Å². The molecule has 2 heterocycles. The molecule has 0 unspecified atom stereocenters. The summed E-state index contributed by atoms with van der Waals surface area (Å²) in [6.07, 6.45) is 3.27. The van der Waals surface area contributed by atoms with Crippen LogP contribution in [0.15, 0.2) is 60.9 Å². The summed E-state index contributed by atoms with van der Waals surface area (Å²) in [4.78, 5) is 23.1. The Morgan fingerprint density at radius 2 is 2.00 bits per heavy atom. The van der Waals surface area contributed by atoms with Crippen molar-refractivity contribution in [2.75, 3.05) is 12.0 Å². The minimum Gasteiger partial charge on any atom is -0.496 e. The Balaban J connectivity index is 1.82. The molecule has 0 radical (unpaired) electrons. The van der Waals surface area contributed by atoms with Crippen LogP contribution in [0.4, 0.5) is 13.9 Å². The Hall–Kier alpha value is -3.39. The number of aromatic nitrogens is 2. The van der Waals surface area contributed by atoms with Crippen molar-refractivity contribution < 1.29 is 18.3 Å². The molecule has 0 N–H and O–H groups in total. The number of hydrogen-bond donors (Lipinski definition) is 0. The van der Waals surface area contributed by atoms with Crippen LogP contribution in [-0.4, -0.2) is 23.0 Å². The van der Waals surface area contributed by atoms with Gasteiger partial charge in [0.15, 0.2) is 10.9 Å². The monoisotopic (exact) mass is 411 g/mol. The molecule has 0 bridgehead atoms. The van der Waals surface area contributed by atoms with E-state index in [2.05, 4.69) is 9.97 Å². The van der Waals surface area contributed by atoms with Gasteiger partial charge in [-0.3, -0.25) is 14.7 Å². The predicted octanol–water partition coefficient (Wildman–Crippen LogP) is 4.83. The van der Waals surface area contributed by atoms with Crippen molar-refractivity contribution in [2.45, 2.75) is 6.54 Å².